The number of hydrogen-bond acceptors (Lipinski definition) is 2. The van der Waals surface area contributed by atoms with Gasteiger partial charge in [0.2, 0.25) is 9.70 Å². The molecule has 3 nitrogen and oxygen atoms in total. The highest BCUT2D eigenvalue weighted by Gasteiger charge is 2.39. The number of halogens is 3. The zero-order valence-electron chi connectivity index (χ0n) is 12.1. The highest BCUT2D eigenvalue weighted by Crippen LogP contribution is 2.34. The second-order valence-electron chi connectivity index (χ2n) is 5.60. The smallest absolute Gasteiger partial charge is 0.223 e. The minimum atomic E-state index is -1.57. The number of benzene rings is 1. The molecular weight excluding hydrogens is 331 g/mol. The first-order valence-electron chi connectivity index (χ1n) is 6.97. The van der Waals surface area contributed by atoms with Crippen LogP contribution in [-0.4, -0.2) is 27.3 Å². The van der Waals surface area contributed by atoms with Crippen molar-refractivity contribution in [3.63, 3.8) is 0 Å². The van der Waals surface area contributed by atoms with Gasteiger partial charge in [-0.25, -0.2) is 0 Å². The van der Waals surface area contributed by atoms with E-state index in [2.05, 4.69) is 17.4 Å². The minimum Gasteiger partial charge on any atom is -0.336 e. The van der Waals surface area contributed by atoms with Gasteiger partial charge in [-0.15, -0.1) is 0 Å². The summed E-state index contributed by atoms with van der Waals surface area (Å²) in [4.78, 5) is 14.0. The zero-order valence-corrected chi connectivity index (χ0v) is 14.3. The molecule has 1 aromatic carbocycles. The lowest BCUT2D eigenvalue weighted by atomic mass is 9.99. The van der Waals surface area contributed by atoms with Crippen LogP contribution in [0.1, 0.15) is 25.0 Å². The molecule has 0 aromatic heterocycles. The van der Waals surface area contributed by atoms with Crippen molar-refractivity contribution in [2.75, 3.05) is 6.54 Å². The van der Waals surface area contributed by atoms with Crippen molar-refractivity contribution in [3.8, 4) is 0 Å². The molecule has 1 heterocycles. The van der Waals surface area contributed by atoms with Gasteiger partial charge in [-0.05, 0) is 17.5 Å². The Labute approximate surface area is 140 Å². The number of alkyl halides is 3. The summed E-state index contributed by atoms with van der Waals surface area (Å²) in [5.74, 6) is -0.276. The SMILES string of the molecule is CC(C)C(=O)NC(N1CCc2ccccc2C1)C(Cl)(Cl)Cl. The molecule has 116 valence electrons. The van der Waals surface area contributed by atoms with E-state index in [-0.39, 0.29) is 11.8 Å². The third-order valence-electron chi connectivity index (χ3n) is 3.64. The van der Waals surface area contributed by atoms with Gasteiger partial charge in [-0.3, -0.25) is 9.69 Å². The Morgan fingerprint density at radius 1 is 1.24 bits per heavy atom. The van der Waals surface area contributed by atoms with Gasteiger partial charge in [-0.1, -0.05) is 72.9 Å². The zero-order chi connectivity index (χ0) is 15.6. The van der Waals surface area contributed by atoms with Crippen LogP contribution < -0.4 is 5.32 Å². The lowest BCUT2D eigenvalue weighted by Crippen LogP contribution is -2.57. The molecule has 1 amide bonds. The van der Waals surface area contributed by atoms with Crippen LogP contribution >= 0.6 is 34.8 Å². The molecule has 2 rings (SSSR count). The molecule has 0 aliphatic carbocycles. The van der Waals surface area contributed by atoms with Crippen molar-refractivity contribution in [3.05, 3.63) is 35.4 Å². The molecule has 1 aromatic rings. The van der Waals surface area contributed by atoms with Gasteiger partial charge in [-0.2, -0.15) is 0 Å². The van der Waals surface area contributed by atoms with E-state index >= 15 is 0 Å². The molecular formula is C15H19Cl3N2O. The normalized spacial score (nSPS) is 17.4. The third-order valence-corrected chi connectivity index (χ3v) is 4.26. The maximum absolute atomic E-state index is 12.0. The molecule has 0 saturated carbocycles. The topological polar surface area (TPSA) is 32.3 Å². The molecule has 1 aliphatic rings. The van der Waals surface area contributed by atoms with Gasteiger partial charge in [0.15, 0.2) is 0 Å². The first-order chi connectivity index (χ1) is 9.79. The number of carbonyl (C=O) groups is 1. The second-order valence-corrected chi connectivity index (χ2v) is 7.97. The Bertz CT molecular complexity index is 514. The van der Waals surface area contributed by atoms with Crippen LogP contribution in [0.25, 0.3) is 0 Å². The monoisotopic (exact) mass is 348 g/mol. The summed E-state index contributed by atoms with van der Waals surface area (Å²) < 4.78 is -1.57. The maximum Gasteiger partial charge on any atom is 0.223 e. The summed E-state index contributed by atoms with van der Waals surface area (Å²) in [6.45, 7) is 5.04. The number of nitrogens with zero attached hydrogens (tertiary/aromatic N) is 1. The highest BCUT2D eigenvalue weighted by atomic mass is 35.6. The highest BCUT2D eigenvalue weighted by molar-refractivity contribution is 6.68. The van der Waals surface area contributed by atoms with Gasteiger partial charge in [0.05, 0.1) is 0 Å². The van der Waals surface area contributed by atoms with Crippen molar-refractivity contribution in [2.45, 2.75) is 36.8 Å². The molecule has 21 heavy (non-hydrogen) atoms. The Balaban J connectivity index is 2.17. The molecule has 1 aliphatic heterocycles. The summed E-state index contributed by atoms with van der Waals surface area (Å²) in [5, 5.41) is 2.85. The molecule has 0 radical (unpaired) electrons. The van der Waals surface area contributed by atoms with Crippen LogP contribution in [0.15, 0.2) is 24.3 Å². The number of rotatable bonds is 3. The Morgan fingerprint density at radius 2 is 1.86 bits per heavy atom. The van der Waals surface area contributed by atoms with Crippen LogP contribution in [-0.2, 0) is 17.8 Å². The van der Waals surface area contributed by atoms with Gasteiger partial charge < -0.3 is 5.32 Å². The van der Waals surface area contributed by atoms with Crippen LogP contribution in [0.3, 0.4) is 0 Å². The van der Waals surface area contributed by atoms with E-state index in [1.807, 2.05) is 30.9 Å². The molecule has 0 bridgehead atoms. The van der Waals surface area contributed by atoms with E-state index in [1.54, 1.807) is 0 Å². The third kappa shape index (κ3) is 4.26. The average molecular weight is 350 g/mol. The predicted molar refractivity (Wildman–Crippen MR) is 87.6 cm³/mol. The van der Waals surface area contributed by atoms with E-state index in [0.717, 1.165) is 13.0 Å². The largest absolute Gasteiger partial charge is 0.336 e. The summed E-state index contributed by atoms with van der Waals surface area (Å²) in [6.07, 6.45) is 0.246. The van der Waals surface area contributed by atoms with Crippen molar-refractivity contribution >= 4 is 40.7 Å². The van der Waals surface area contributed by atoms with Gasteiger partial charge in [0.25, 0.3) is 0 Å². The predicted octanol–water partition coefficient (Wildman–Crippen LogP) is 3.51. The number of nitrogens with one attached hydrogen (secondary N) is 1. The van der Waals surface area contributed by atoms with Crippen LogP contribution in [0.2, 0.25) is 0 Å². The number of amides is 1. The van der Waals surface area contributed by atoms with Gasteiger partial charge in [0, 0.05) is 19.0 Å². The van der Waals surface area contributed by atoms with E-state index in [1.165, 1.54) is 11.1 Å². The fraction of sp³-hybridized carbons (Fsp3) is 0.533. The van der Waals surface area contributed by atoms with E-state index in [4.69, 9.17) is 34.8 Å². The lowest BCUT2D eigenvalue weighted by molar-refractivity contribution is -0.126. The fourth-order valence-corrected chi connectivity index (χ4v) is 3.00. The van der Waals surface area contributed by atoms with Crippen molar-refractivity contribution < 1.29 is 4.79 Å². The Kier molecular flexibility index (Phi) is 5.42. The molecule has 0 saturated heterocycles. The van der Waals surface area contributed by atoms with Crippen molar-refractivity contribution in [1.82, 2.24) is 10.2 Å². The molecule has 1 unspecified atom stereocenters. The minimum absolute atomic E-state index is 0.120. The molecule has 6 heteroatoms. The summed E-state index contributed by atoms with van der Waals surface area (Å²) in [5.41, 5.74) is 2.52. The number of fused-ring (bicyclic) bond motifs is 1. The van der Waals surface area contributed by atoms with E-state index in [9.17, 15) is 4.79 Å². The van der Waals surface area contributed by atoms with Gasteiger partial charge in [0.1, 0.15) is 6.17 Å². The summed E-state index contributed by atoms with van der Waals surface area (Å²) in [6, 6.07) is 8.21. The van der Waals surface area contributed by atoms with Crippen LogP contribution in [0.5, 0.6) is 0 Å². The summed E-state index contributed by atoms with van der Waals surface area (Å²) >= 11 is 18.2. The van der Waals surface area contributed by atoms with Gasteiger partial charge >= 0.3 is 0 Å². The Morgan fingerprint density at radius 3 is 2.43 bits per heavy atom. The van der Waals surface area contributed by atoms with E-state index in [0.29, 0.717) is 6.54 Å². The second kappa shape index (κ2) is 6.74. The lowest BCUT2D eigenvalue weighted by Gasteiger charge is -2.39. The maximum atomic E-state index is 12.0. The first-order valence-corrected chi connectivity index (χ1v) is 8.10. The summed E-state index contributed by atoms with van der Waals surface area (Å²) in [7, 11) is 0. The van der Waals surface area contributed by atoms with Crippen molar-refractivity contribution in [2.24, 2.45) is 5.92 Å². The van der Waals surface area contributed by atoms with Crippen LogP contribution in [0, 0.1) is 5.92 Å². The molecule has 0 spiro atoms. The molecule has 0 fully saturated rings. The number of carbonyl (C=O) groups excluding carboxylic acids is 1. The molecule has 1 atom stereocenters. The Hall–Kier alpha value is -0.480. The van der Waals surface area contributed by atoms with E-state index < -0.39 is 9.96 Å². The number of hydrogen-bond donors (Lipinski definition) is 1. The molecule has 1 N–H and O–H groups in total. The fourth-order valence-electron chi connectivity index (χ4n) is 2.42. The average Bonchev–Trinajstić information content (AvgIpc) is 2.42. The van der Waals surface area contributed by atoms with Crippen LogP contribution in [0.4, 0.5) is 0 Å². The quantitative estimate of drug-likeness (QED) is 0.847. The first kappa shape index (κ1) is 16.9. The van der Waals surface area contributed by atoms with Crippen molar-refractivity contribution in [1.29, 1.82) is 0 Å². The standard InChI is InChI=1S/C15H19Cl3N2O/c1-10(2)13(21)19-14(15(16,17)18)20-8-7-11-5-3-4-6-12(11)9-20/h3-6,10,14H,7-9H2,1-2H3,(H,19,21).